The summed E-state index contributed by atoms with van der Waals surface area (Å²) in [6, 6.07) is 6.63. The minimum absolute atomic E-state index is 0.0403. The van der Waals surface area contributed by atoms with Crippen LogP contribution in [0, 0.1) is 12.3 Å². The molecule has 1 aromatic rings. The summed E-state index contributed by atoms with van der Waals surface area (Å²) in [5, 5.41) is 2.65. The molecule has 0 radical (unpaired) electrons. The maximum absolute atomic E-state index is 13.0. The molecule has 3 fully saturated rings. The standard InChI is InChI=1S/C18H23N3O4S/c1-13-4-2-3-5-15(13)26(24,25)20-8-6-18(7-9-20)10-14-17(23)19-11-16(22)21(14)12-18/h2-5,14H,6-12H2,1H3,(H,19,23). The SMILES string of the molecule is Cc1ccccc1S(=O)(=O)N1CCC2(CC1)CC1C(=O)NCC(=O)N1C2. The van der Waals surface area contributed by atoms with E-state index in [1.54, 1.807) is 34.3 Å². The number of rotatable bonds is 2. The number of carbonyl (C=O) groups is 2. The highest BCUT2D eigenvalue weighted by Gasteiger charge is 2.52. The van der Waals surface area contributed by atoms with Crippen LogP contribution in [0.2, 0.25) is 0 Å². The molecule has 1 aromatic carbocycles. The zero-order valence-corrected chi connectivity index (χ0v) is 15.6. The Hall–Kier alpha value is -1.93. The lowest BCUT2D eigenvalue weighted by Gasteiger charge is -2.38. The van der Waals surface area contributed by atoms with E-state index in [1.807, 2.05) is 6.07 Å². The van der Waals surface area contributed by atoms with Crippen LogP contribution >= 0.6 is 0 Å². The van der Waals surface area contributed by atoms with Gasteiger partial charge in [0.1, 0.15) is 6.04 Å². The topological polar surface area (TPSA) is 86.8 Å². The number of nitrogens with zero attached hydrogens (tertiary/aromatic N) is 2. The van der Waals surface area contributed by atoms with E-state index in [2.05, 4.69) is 5.32 Å². The highest BCUT2D eigenvalue weighted by Crippen LogP contribution is 2.44. The number of carbonyl (C=O) groups excluding carboxylic acids is 2. The molecule has 1 spiro atoms. The van der Waals surface area contributed by atoms with Crippen LogP contribution in [0.5, 0.6) is 0 Å². The van der Waals surface area contributed by atoms with Crippen LogP contribution in [-0.2, 0) is 19.6 Å². The Morgan fingerprint density at radius 1 is 1.15 bits per heavy atom. The second-order valence-corrected chi connectivity index (χ2v) is 9.54. The third kappa shape index (κ3) is 2.72. The van der Waals surface area contributed by atoms with Crippen molar-refractivity contribution < 1.29 is 18.0 Å². The molecular weight excluding hydrogens is 354 g/mol. The molecule has 3 aliphatic heterocycles. The summed E-state index contributed by atoms with van der Waals surface area (Å²) in [5.41, 5.74) is 0.591. The zero-order chi connectivity index (χ0) is 18.5. The van der Waals surface area contributed by atoms with Gasteiger partial charge >= 0.3 is 0 Å². The fourth-order valence-electron chi connectivity index (χ4n) is 4.48. The monoisotopic (exact) mass is 377 g/mol. The van der Waals surface area contributed by atoms with Crippen molar-refractivity contribution in [2.24, 2.45) is 5.41 Å². The summed E-state index contributed by atoms with van der Waals surface area (Å²) in [6.45, 7) is 3.28. The zero-order valence-electron chi connectivity index (χ0n) is 14.8. The van der Waals surface area contributed by atoms with Crippen LogP contribution in [0.4, 0.5) is 0 Å². The smallest absolute Gasteiger partial charge is 0.243 e. The molecule has 3 saturated heterocycles. The lowest BCUT2D eigenvalue weighted by molar-refractivity contribution is -0.143. The quantitative estimate of drug-likeness (QED) is 0.813. The van der Waals surface area contributed by atoms with Crippen molar-refractivity contribution in [2.75, 3.05) is 26.2 Å². The third-order valence-corrected chi connectivity index (χ3v) is 8.10. The van der Waals surface area contributed by atoms with E-state index in [-0.39, 0.29) is 23.8 Å². The summed E-state index contributed by atoms with van der Waals surface area (Å²) >= 11 is 0. The van der Waals surface area contributed by atoms with Gasteiger partial charge in [0.05, 0.1) is 11.4 Å². The van der Waals surface area contributed by atoms with E-state index in [4.69, 9.17) is 0 Å². The van der Waals surface area contributed by atoms with E-state index in [0.717, 1.165) is 5.56 Å². The number of nitrogens with one attached hydrogen (secondary N) is 1. The molecule has 0 aromatic heterocycles. The van der Waals surface area contributed by atoms with Gasteiger partial charge in [0.2, 0.25) is 21.8 Å². The highest BCUT2D eigenvalue weighted by molar-refractivity contribution is 7.89. The number of amides is 2. The molecule has 0 bridgehead atoms. The normalized spacial score (nSPS) is 26.0. The van der Waals surface area contributed by atoms with E-state index < -0.39 is 16.1 Å². The molecule has 0 aliphatic carbocycles. The number of benzene rings is 1. The Kier molecular flexibility index (Phi) is 4.07. The van der Waals surface area contributed by atoms with Crippen molar-refractivity contribution in [1.82, 2.24) is 14.5 Å². The molecule has 2 amide bonds. The first-order valence-corrected chi connectivity index (χ1v) is 10.4. The van der Waals surface area contributed by atoms with Crippen molar-refractivity contribution >= 4 is 21.8 Å². The number of piperidine rings is 1. The van der Waals surface area contributed by atoms with Gasteiger partial charge < -0.3 is 10.2 Å². The summed E-state index contributed by atoms with van der Waals surface area (Å²) in [4.78, 5) is 26.2. The Balaban J connectivity index is 1.51. The van der Waals surface area contributed by atoms with Crippen molar-refractivity contribution in [3.05, 3.63) is 29.8 Å². The maximum Gasteiger partial charge on any atom is 0.243 e. The summed E-state index contributed by atoms with van der Waals surface area (Å²) in [6.07, 6.45) is 1.97. The first kappa shape index (κ1) is 17.5. The second-order valence-electron chi connectivity index (χ2n) is 7.63. The van der Waals surface area contributed by atoms with Gasteiger partial charge in [-0.05, 0) is 43.2 Å². The van der Waals surface area contributed by atoms with Gasteiger partial charge in [-0.25, -0.2) is 8.42 Å². The molecule has 140 valence electrons. The molecule has 1 atom stereocenters. The second kappa shape index (κ2) is 6.06. The molecule has 7 nitrogen and oxygen atoms in total. The Bertz CT molecular complexity index is 833. The minimum atomic E-state index is -3.51. The van der Waals surface area contributed by atoms with E-state index in [9.17, 15) is 18.0 Å². The van der Waals surface area contributed by atoms with Gasteiger partial charge in [-0.3, -0.25) is 9.59 Å². The van der Waals surface area contributed by atoms with Gasteiger partial charge in [-0.15, -0.1) is 0 Å². The average Bonchev–Trinajstić information content (AvgIpc) is 2.99. The Labute approximate surface area is 153 Å². The number of sulfonamides is 1. The molecule has 3 aliphatic rings. The van der Waals surface area contributed by atoms with Crippen LogP contribution in [0.3, 0.4) is 0 Å². The van der Waals surface area contributed by atoms with Gasteiger partial charge in [0.25, 0.3) is 0 Å². The minimum Gasteiger partial charge on any atom is -0.345 e. The Morgan fingerprint density at radius 2 is 1.85 bits per heavy atom. The third-order valence-electron chi connectivity index (χ3n) is 6.04. The first-order valence-electron chi connectivity index (χ1n) is 8.95. The summed E-state index contributed by atoms with van der Waals surface area (Å²) in [7, 11) is -3.51. The van der Waals surface area contributed by atoms with Crippen LogP contribution in [0.1, 0.15) is 24.8 Å². The van der Waals surface area contributed by atoms with Crippen molar-refractivity contribution in [3.8, 4) is 0 Å². The predicted octanol–water partition coefficient (Wildman–Crippen LogP) is 0.497. The van der Waals surface area contributed by atoms with Crippen molar-refractivity contribution in [3.63, 3.8) is 0 Å². The molecule has 1 unspecified atom stereocenters. The fourth-order valence-corrected chi connectivity index (χ4v) is 6.15. The summed E-state index contributed by atoms with van der Waals surface area (Å²) < 4.78 is 27.5. The maximum atomic E-state index is 13.0. The molecule has 3 heterocycles. The lowest BCUT2D eigenvalue weighted by Crippen LogP contribution is -2.55. The molecule has 4 rings (SSSR count). The summed E-state index contributed by atoms with van der Waals surface area (Å²) in [5.74, 6) is -0.127. The van der Waals surface area contributed by atoms with Crippen molar-refractivity contribution in [1.29, 1.82) is 0 Å². The number of hydrogen-bond acceptors (Lipinski definition) is 4. The van der Waals surface area contributed by atoms with Crippen LogP contribution in [0.25, 0.3) is 0 Å². The predicted molar refractivity (Wildman–Crippen MR) is 94.7 cm³/mol. The van der Waals surface area contributed by atoms with E-state index in [1.165, 1.54) is 0 Å². The van der Waals surface area contributed by atoms with Crippen LogP contribution in [-0.4, -0.2) is 61.7 Å². The number of aryl methyl sites for hydroxylation is 1. The lowest BCUT2D eigenvalue weighted by atomic mass is 9.77. The van der Waals surface area contributed by atoms with Gasteiger partial charge in [-0.1, -0.05) is 18.2 Å². The molecule has 26 heavy (non-hydrogen) atoms. The van der Waals surface area contributed by atoms with Crippen LogP contribution in [0.15, 0.2) is 29.2 Å². The largest absolute Gasteiger partial charge is 0.345 e. The highest BCUT2D eigenvalue weighted by atomic mass is 32.2. The average molecular weight is 377 g/mol. The van der Waals surface area contributed by atoms with Gasteiger partial charge in [0.15, 0.2) is 0 Å². The fraction of sp³-hybridized carbons (Fsp3) is 0.556. The molecule has 0 saturated carbocycles. The van der Waals surface area contributed by atoms with Gasteiger partial charge in [-0.2, -0.15) is 4.31 Å². The van der Waals surface area contributed by atoms with E-state index >= 15 is 0 Å². The molecular formula is C18H23N3O4S. The Morgan fingerprint density at radius 3 is 2.50 bits per heavy atom. The molecule has 1 N–H and O–H groups in total. The van der Waals surface area contributed by atoms with Gasteiger partial charge in [0, 0.05) is 19.6 Å². The first-order chi connectivity index (χ1) is 12.3. The number of piperazine rings is 1. The van der Waals surface area contributed by atoms with Crippen LogP contribution < -0.4 is 5.32 Å². The molecule has 8 heteroatoms. The van der Waals surface area contributed by atoms with E-state index in [0.29, 0.717) is 43.8 Å². The van der Waals surface area contributed by atoms with Crippen molar-refractivity contribution in [2.45, 2.75) is 37.1 Å². The number of fused-ring (bicyclic) bond motifs is 1. The number of hydrogen-bond donors (Lipinski definition) is 1.